The van der Waals surface area contributed by atoms with Crippen molar-refractivity contribution >= 4 is 21.3 Å². The van der Waals surface area contributed by atoms with Crippen LogP contribution >= 0.6 is 0 Å². The fourth-order valence-corrected chi connectivity index (χ4v) is 3.65. The molecule has 0 saturated carbocycles. The van der Waals surface area contributed by atoms with Crippen molar-refractivity contribution in [3.63, 3.8) is 0 Å². The molecule has 0 aromatic carbocycles. The van der Waals surface area contributed by atoms with Crippen LogP contribution in [0.2, 0.25) is 0 Å². The van der Waals surface area contributed by atoms with Gasteiger partial charge in [-0.1, -0.05) is 6.92 Å². The molecule has 6 nitrogen and oxygen atoms in total. The molecule has 0 saturated heterocycles. The first-order valence-electron chi connectivity index (χ1n) is 6.93. The molecule has 21 heavy (non-hydrogen) atoms. The lowest BCUT2D eigenvalue weighted by molar-refractivity contribution is 0.605. The highest BCUT2D eigenvalue weighted by Gasteiger charge is 2.23. The number of nitrogens with one attached hydrogen (secondary N) is 1. The van der Waals surface area contributed by atoms with E-state index in [2.05, 4.69) is 15.4 Å². The Bertz CT molecular complexity index is 836. The van der Waals surface area contributed by atoms with Gasteiger partial charge in [-0.25, -0.2) is 13.4 Å². The van der Waals surface area contributed by atoms with Crippen LogP contribution in [0, 0.1) is 13.8 Å². The lowest BCUT2D eigenvalue weighted by Gasteiger charge is -2.14. The number of aryl methyl sites for hydroxylation is 3. The zero-order valence-corrected chi connectivity index (χ0v) is 13.1. The normalized spacial score (nSPS) is 20.2. The van der Waals surface area contributed by atoms with Gasteiger partial charge < -0.3 is 5.32 Å². The first-order valence-corrected chi connectivity index (χ1v) is 8.64. The molecule has 7 heteroatoms. The fraction of sp³-hybridized carbons (Fsp3) is 0.429. The Morgan fingerprint density at radius 1 is 1.43 bits per heavy atom. The Kier molecular flexibility index (Phi) is 3.24. The molecule has 0 spiro atoms. The highest BCUT2D eigenvalue weighted by molar-refractivity contribution is 7.94. The van der Waals surface area contributed by atoms with Gasteiger partial charge in [0.05, 0.1) is 17.5 Å². The van der Waals surface area contributed by atoms with Crippen LogP contribution in [0.25, 0.3) is 5.65 Å². The highest BCUT2D eigenvalue weighted by Crippen LogP contribution is 2.21. The van der Waals surface area contributed by atoms with Gasteiger partial charge in [0, 0.05) is 22.7 Å². The summed E-state index contributed by atoms with van der Waals surface area (Å²) < 4.78 is 24.8. The Morgan fingerprint density at radius 3 is 2.81 bits per heavy atom. The number of hydrogen-bond donors (Lipinski definition) is 1. The molecule has 0 aliphatic carbocycles. The van der Waals surface area contributed by atoms with E-state index in [9.17, 15) is 8.42 Å². The molecule has 0 amide bonds. The number of rotatable bonds is 3. The minimum absolute atomic E-state index is 0.0809. The van der Waals surface area contributed by atoms with Gasteiger partial charge in [0.2, 0.25) is 0 Å². The molecule has 1 N–H and O–H groups in total. The van der Waals surface area contributed by atoms with E-state index in [0.29, 0.717) is 0 Å². The predicted molar refractivity (Wildman–Crippen MR) is 82.2 cm³/mol. The van der Waals surface area contributed by atoms with E-state index in [1.807, 2.05) is 26.8 Å². The van der Waals surface area contributed by atoms with Gasteiger partial charge in [-0.2, -0.15) is 9.61 Å². The second-order valence-corrected chi connectivity index (χ2v) is 7.27. The summed E-state index contributed by atoms with van der Waals surface area (Å²) in [6.45, 7) is 5.98. The Morgan fingerprint density at radius 2 is 2.19 bits per heavy atom. The lowest BCUT2D eigenvalue weighted by atomic mass is 10.2. The summed E-state index contributed by atoms with van der Waals surface area (Å²) in [6.07, 6.45) is 2.49. The maximum Gasteiger partial charge on any atom is 0.173 e. The van der Waals surface area contributed by atoms with Gasteiger partial charge in [-0.05, 0) is 26.3 Å². The molecule has 0 radical (unpaired) electrons. The maximum atomic E-state index is 11.5. The van der Waals surface area contributed by atoms with E-state index >= 15 is 0 Å². The van der Waals surface area contributed by atoms with Crippen LogP contribution in [0.15, 0.2) is 17.6 Å². The molecule has 1 atom stereocenters. The molecule has 3 rings (SSSR count). The summed E-state index contributed by atoms with van der Waals surface area (Å²) >= 11 is 0. The second-order valence-electron chi connectivity index (χ2n) is 5.34. The van der Waals surface area contributed by atoms with E-state index in [1.54, 1.807) is 10.6 Å². The smallest absolute Gasteiger partial charge is 0.173 e. The van der Waals surface area contributed by atoms with Crippen LogP contribution in [0.1, 0.15) is 23.9 Å². The topological polar surface area (TPSA) is 76.4 Å². The van der Waals surface area contributed by atoms with Crippen molar-refractivity contribution in [2.24, 2.45) is 0 Å². The molecule has 1 aliphatic heterocycles. The van der Waals surface area contributed by atoms with Crippen LogP contribution < -0.4 is 5.32 Å². The van der Waals surface area contributed by atoms with Crippen LogP contribution in [-0.4, -0.2) is 34.8 Å². The molecule has 0 fully saturated rings. The molecule has 0 bridgehead atoms. The van der Waals surface area contributed by atoms with Gasteiger partial charge in [0.25, 0.3) is 0 Å². The van der Waals surface area contributed by atoms with E-state index < -0.39 is 9.84 Å². The van der Waals surface area contributed by atoms with Crippen LogP contribution in [0.5, 0.6) is 0 Å². The largest absolute Gasteiger partial charge is 0.363 e. The van der Waals surface area contributed by atoms with Crippen LogP contribution in [0.3, 0.4) is 0 Å². The van der Waals surface area contributed by atoms with E-state index in [4.69, 9.17) is 0 Å². The summed E-state index contributed by atoms with van der Waals surface area (Å²) in [4.78, 5) is 4.60. The summed E-state index contributed by atoms with van der Waals surface area (Å²) in [5.41, 5.74) is 3.74. The maximum absolute atomic E-state index is 11.5. The molecular formula is C14H18N4O2S. The van der Waals surface area contributed by atoms with Crippen molar-refractivity contribution in [2.75, 3.05) is 11.1 Å². The highest BCUT2D eigenvalue weighted by atomic mass is 32.2. The van der Waals surface area contributed by atoms with Gasteiger partial charge in [-0.15, -0.1) is 0 Å². The van der Waals surface area contributed by atoms with Crippen molar-refractivity contribution < 1.29 is 8.42 Å². The van der Waals surface area contributed by atoms with Crippen molar-refractivity contribution in [3.05, 3.63) is 34.5 Å². The summed E-state index contributed by atoms with van der Waals surface area (Å²) in [5.74, 6) is 0.858. The van der Waals surface area contributed by atoms with E-state index in [-0.39, 0.29) is 11.8 Å². The third kappa shape index (κ3) is 2.53. The third-order valence-electron chi connectivity index (χ3n) is 3.74. The SMILES string of the molecule is CCc1cc(N[C@@H]2C=CS(=O)(=O)C2)n2nc(C)c(C)c2n1. The number of nitrogens with zero attached hydrogens (tertiary/aromatic N) is 3. The number of fused-ring (bicyclic) bond motifs is 1. The molecule has 2 aromatic heterocycles. The average Bonchev–Trinajstić information content (AvgIpc) is 2.91. The fourth-order valence-electron chi connectivity index (χ4n) is 2.42. The molecular weight excluding hydrogens is 288 g/mol. The minimum Gasteiger partial charge on any atom is -0.363 e. The van der Waals surface area contributed by atoms with E-state index in [1.165, 1.54) is 5.41 Å². The first kappa shape index (κ1) is 14.1. The van der Waals surface area contributed by atoms with Gasteiger partial charge in [-0.3, -0.25) is 0 Å². The van der Waals surface area contributed by atoms with Gasteiger partial charge in [0.15, 0.2) is 15.5 Å². The Balaban J connectivity index is 2.05. The quantitative estimate of drug-likeness (QED) is 0.932. The average molecular weight is 306 g/mol. The summed E-state index contributed by atoms with van der Waals surface area (Å²) in [7, 11) is -3.08. The molecule has 0 unspecified atom stereocenters. The van der Waals surface area contributed by atoms with Crippen LogP contribution in [-0.2, 0) is 16.3 Å². The Hall–Kier alpha value is -1.89. The van der Waals surface area contributed by atoms with Crippen molar-refractivity contribution in [3.8, 4) is 0 Å². The monoisotopic (exact) mass is 306 g/mol. The summed E-state index contributed by atoms with van der Waals surface area (Å²) in [5, 5.41) is 9.00. The van der Waals surface area contributed by atoms with Crippen molar-refractivity contribution in [1.29, 1.82) is 0 Å². The number of aromatic nitrogens is 3. The third-order valence-corrected chi connectivity index (χ3v) is 5.13. The Labute approximate surface area is 123 Å². The second kappa shape index (κ2) is 4.84. The van der Waals surface area contributed by atoms with Crippen molar-refractivity contribution in [2.45, 2.75) is 33.2 Å². The minimum atomic E-state index is -3.08. The molecule has 2 aromatic rings. The standard InChI is InChI=1S/C14H18N4O2S/c1-4-11-7-13(15-12-5-6-21(19,20)8-12)18-14(16-11)9(2)10(3)17-18/h5-7,12,15H,4,8H2,1-3H3/t12-/m1/s1. The molecule has 3 heterocycles. The molecule has 1 aliphatic rings. The van der Waals surface area contributed by atoms with Gasteiger partial charge in [0.1, 0.15) is 5.82 Å². The predicted octanol–water partition coefficient (Wildman–Crippen LogP) is 1.63. The number of sulfone groups is 1. The lowest BCUT2D eigenvalue weighted by Crippen LogP contribution is -2.23. The van der Waals surface area contributed by atoms with Crippen molar-refractivity contribution in [1.82, 2.24) is 14.6 Å². The van der Waals surface area contributed by atoms with Gasteiger partial charge >= 0.3 is 0 Å². The first-order chi connectivity index (χ1) is 9.89. The number of hydrogen-bond acceptors (Lipinski definition) is 5. The zero-order chi connectivity index (χ0) is 15.2. The molecule has 112 valence electrons. The van der Waals surface area contributed by atoms with E-state index in [0.717, 1.165) is 34.8 Å². The zero-order valence-electron chi connectivity index (χ0n) is 12.3. The van der Waals surface area contributed by atoms with Crippen LogP contribution in [0.4, 0.5) is 5.82 Å². The summed E-state index contributed by atoms with van der Waals surface area (Å²) in [6, 6.07) is 1.70. The number of anilines is 1.